The van der Waals surface area contributed by atoms with Crippen LogP contribution in [0, 0.1) is 12.8 Å². The largest absolute Gasteiger partial charge is 0.462 e. The molecule has 2 heterocycles. The summed E-state index contributed by atoms with van der Waals surface area (Å²) in [5.74, 6) is 1.10. The lowest BCUT2D eigenvalue weighted by Crippen LogP contribution is -2.18. The fourth-order valence-electron chi connectivity index (χ4n) is 3.59. The molecule has 0 spiro atoms. The van der Waals surface area contributed by atoms with Crippen molar-refractivity contribution in [3.8, 4) is 0 Å². The predicted octanol–water partition coefficient (Wildman–Crippen LogP) is 4.26. The lowest BCUT2D eigenvalue weighted by Gasteiger charge is -2.18. The molecule has 2 aromatic rings. The Kier molecular flexibility index (Phi) is 7.00. The number of thioether (sulfide) groups is 1. The summed E-state index contributed by atoms with van der Waals surface area (Å²) in [5.41, 5.74) is 1.59. The summed E-state index contributed by atoms with van der Waals surface area (Å²) in [4.78, 5) is 26.4. The second kappa shape index (κ2) is 9.30. The Morgan fingerprint density at radius 2 is 2.14 bits per heavy atom. The van der Waals surface area contributed by atoms with Gasteiger partial charge in [0.05, 0.1) is 17.9 Å². The van der Waals surface area contributed by atoms with E-state index in [0.29, 0.717) is 23.1 Å². The molecule has 9 heteroatoms. The van der Waals surface area contributed by atoms with Crippen LogP contribution >= 0.6 is 23.1 Å². The molecule has 1 unspecified atom stereocenters. The summed E-state index contributed by atoms with van der Waals surface area (Å²) < 4.78 is 7.27. The number of hydrogen-bond acceptors (Lipinski definition) is 7. The third-order valence-electron chi connectivity index (χ3n) is 4.93. The Labute approximate surface area is 179 Å². The van der Waals surface area contributed by atoms with E-state index in [1.165, 1.54) is 28.0 Å². The van der Waals surface area contributed by atoms with Crippen molar-refractivity contribution in [2.75, 3.05) is 17.7 Å². The highest BCUT2D eigenvalue weighted by atomic mass is 32.2. The number of anilines is 1. The number of nitrogens with one attached hydrogen (secondary N) is 1. The van der Waals surface area contributed by atoms with Crippen LogP contribution in [0.4, 0.5) is 5.00 Å². The van der Waals surface area contributed by atoms with Gasteiger partial charge in [-0.1, -0.05) is 18.7 Å². The summed E-state index contributed by atoms with van der Waals surface area (Å²) in [6.07, 6.45) is 2.83. The molecule has 29 heavy (non-hydrogen) atoms. The minimum atomic E-state index is -0.349. The van der Waals surface area contributed by atoms with Crippen LogP contribution < -0.4 is 5.32 Å². The van der Waals surface area contributed by atoms with Crippen molar-refractivity contribution in [1.82, 2.24) is 14.8 Å². The van der Waals surface area contributed by atoms with Gasteiger partial charge in [-0.2, -0.15) is 0 Å². The number of nitrogens with zero attached hydrogens (tertiary/aromatic N) is 3. The third-order valence-corrected chi connectivity index (χ3v) is 7.04. The maximum atomic E-state index is 12.6. The topological polar surface area (TPSA) is 86.1 Å². The number of carbonyl (C=O) groups is 2. The zero-order valence-electron chi connectivity index (χ0n) is 17.6. The summed E-state index contributed by atoms with van der Waals surface area (Å²) in [7, 11) is 0. The van der Waals surface area contributed by atoms with Gasteiger partial charge in [0.1, 0.15) is 10.8 Å². The van der Waals surface area contributed by atoms with E-state index in [4.69, 9.17) is 4.74 Å². The highest BCUT2D eigenvalue weighted by Crippen LogP contribution is 2.40. The molecule has 2 aromatic heterocycles. The number of esters is 1. The molecule has 7 nitrogen and oxygen atoms in total. The predicted molar refractivity (Wildman–Crippen MR) is 116 cm³/mol. The maximum Gasteiger partial charge on any atom is 0.341 e. The van der Waals surface area contributed by atoms with Gasteiger partial charge in [0.15, 0.2) is 5.16 Å². The van der Waals surface area contributed by atoms with Crippen LogP contribution in [-0.4, -0.2) is 39.0 Å². The van der Waals surface area contributed by atoms with Crippen molar-refractivity contribution in [3.63, 3.8) is 0 Å². The molecule has 0 bridgehead atoms. The molecule has 1 aliphatic rings. The van der Waals surface area contributed by atoms with Crippen LogP contribution in [0.15, 0.2) is 5.16 Å². The van der Waals surface area contributed by atoms with E-state index >= 15 is 0 Å². The highest BCUT2D eigenvalue weighted by molar-refractivity contribution is 7.99. The van der Waals surface area contributed by atoms with Gasteiger partial charge in [-0.05, 0) is 58.4 Å². The Hall–Kier alpha value is -1.87. The maximum absolute atomic E-state index is 12.6. The highest BCUT2D eigenvalue weighted by Gasteiger charge is 2.29. The quantitative estimate of drug-likeness (QED) is 0.515. The average molecular weight is 437 g/mol. The molecule has 0 aromatic carbocycles. The molecule has 1 N–H and O–H groups in total. The fourth-order valence-corrected chi connectivity index (χ4v) is 5.92. The average Bonchev–Trinajstić information content (AvgIpc) is 3.19. The van der Waals surface area contributed by atoms with E-state index < -0.39 is 0 Å². The van der Waals surface area contributed by atoms with E-state index in [0.717, 1.165) is 35.8 Å². The second-order valence-corrected chi connectivity index (χ2v) is 9.65. The van der Waals surface area contributed by atoms with Crippen molar-refractivity contribution in [1.29, 1.82) is 0 Å². The summed E-state index contributed by atoms with van der Waals surface area (Å²) >= 11 is 2.86. The van der Waals surface area contributed by atoms with Gasteiger partial charge in [-0.25, -0.2) is 4.79 Å². The van der Waals surface area contributed by atoms with Crippen molar-refractivity contribution in [2.45, 2.75) is 65.1 Å². The Morgan fingerprint density at radius 1 is 1.38 bits per heavy atom. The Bertz CT molecular complexity index is 904. The SMILES string of the molecule is CCOC(=O)c1c(NC(=O)CSc2nnc(C)n2C(C)C)sc2c1CCC(C)C2. The molecule has 0 radical (unpaired) electrons. The molecule has 1 aliphatic carbocycles. The Balaban J connectivity index is 1.75. The van der Waals surface area contributed by atoms with Gasteiger partial charge in [0, 0.05) is 10.9 Å². The number of aryl methyl sites for hydroxylation is 1. The van der Waals surface area contributed by atoms with Crippen molar-refractivity contribution >= 4 is 40.0 Å². The van der Waals surface area contributed by atoms with Gasteiger partial charge in [0.2, 0.25) is 5.91 Å². The van der Waals surface area contributed by atoms with Crippen LogP contribution in [0.2, 0.25) is 0 Å². The first kappa shape index (κ1) is 21.8. The number of aromatic nitrogens is 3. The van der Waals surface area contributed by atoms with Crippen LogP contribution in [-0.2, 0) is 22.4 Å². The minimum absolute atomic E-state index is 0.164. The molecule has 158 valence electrons. The van der Waals surface area contributed by atoms with E-state index in [1.54, 1.807) is 6.92 Å². The number of rotatable bonds is 7. The van der Waals surface area contributed by atoms with Gasteiger partial charge < -0.3 is 14.6 Å². The first-order chi connectivity index (χ1) is 13.8. The zero-order valence-corrected chi connectivity index (χ0v) is 19.2. The van der Waals surface area contributed by atoms with Gasteiger partial charge in [-0.15, -0.1) is 21.5 Å². The minimum Gasteiger partial charge on any atom is -0.462 e. The Morgan fingerprint density at radius 3 is 2.83 bits per heavy atom. The lowest BCUT2D eigenvalue weighted by molar-refractivity contribution is -0.113. The number of amides is 1. The van der Waals surface area contributed by atoms with Gasteiger partial charge >= 0.3 is 5.97 Å². The van der Waals surface area contributed by atoms with Gasteiger partial charge in [0.25, 0.3) is 0 Å². The number of thiophene rings is 1. The van der Waals surface area contributed by atoms with Crippen molar-refractivity contribution < 1.29 is 14.3 Å². The van der Waals surface area contributed by atoms with Crippen LogP contribution in [0.3, 0.4) is 0 Å². The number of ether oxygens (including phenoxy) is 1. The van der Waals surface area contributed by atoms with Crippen molar-refractivity contribution in [3.05, 3.63) is 21.8 Å². The first-order valence-electron chi connectivity index (χ1n) is 9.97. The smallest absolute Gasteiger partial charge is 0.341 e. The number of fused-ring (bicyclic) bond motifs is 1. The molecule has 3 rings (SSSR count). The van der Waals surface area contributed by atoms with Crippen LogP contribution in [0.25, 0.3) is 0 Å². The van der Waals surface area contributed by atoms with E-state index in [9.17, 15) is 9.59 Å². The van der Waals surface area contributed by atoms with Gasteiger partial charge in [-0.3, -0.25) is 4.79 Å². The molecule has 0 saturated carbocycles. The van der Waals surface area contributed by atoms with Crippen LogP contribution in [0.1, 0.15) is 66.8 Å². The number of hydrogen-bond donors (Lipinski definition) is 1. The molecule has 1 amide bonds. The zero-order chi connectivity index (χ0) is 21.1. The molecular formula is C20H28N4O3S2. The monoisotopic (exact) mass is 436 g/mol. The third kappa shape index (κ3) is 4.83. The summed E-state index contributed by atoms with van der Waals surface area (Å²) in [6, 6.07) is 0.219. The summed E-state index contributed by atoms with van der Waals surface area (Å²) in [6.45, 7) is 10.3. The molecule has 1 atom stereocenters. The van der Waals surface area contributed by atoms with Crippen LogP contribution in [0.5, 0.6) is 0 Å². The second-order valence-electron chi connectivity index (χ2n) is 7.61. The normalized spacial score (nSPS) is 16.0. The summed E-state index contributed by atoms with van der Waals surface area (Å²) in [5, 5.41) is 12.6. The molecule has 0 aliphatic heterocycles. The van der Waals surface area contributed by atoms with E-state index in [2.05, 4.69) is 36.3 Å². The molecular weight excluding hydrogens is 408 g/mol. The first-order valence-corrected chi connectivity index (χ1v) is 11.8. The van der Waals surface area contributed by atoms with E-state index in [1.807, 2.05) is 11.5 Å². The number of carbonyl (C=O) groups excluding carboxylic acids is 2. The fraction of sp³-hybridized carbons (Fsp3) is 0.600. The van der Waals surface area contributed by atoms with Crippen molar-refractivity contribution in [2.24, 2.45) is 5.92 Å². The molecule has 0 saturated heterocycles. The molecule has 0 fully saturated rings. The standard InChI is InChI=1S/C20H28N4O3S2/c1-6-27-19(26)17-14-8-7-12(4)9-15(14)29-18(17)21-16(25)10-28-20-23-22-13(5)24(20)11(2)3/h11-12H,6-10H2,1-5H3,(H,21,25). The lowest BCUT2D eigenvalue weighted by atomic mass is 9.88. The van der Waals surface area contributed by atoms with E-state index in [-0.39, 0.29) is 23.7 Å².